The molecule has 1 aliphatic rings. The van der Waals surface area contributed by atoms with E-state index in [1.807, 2.05) is 0 Å². The van der Waals surface area contributed by atoms with Crippen LogP contribution in [0.1, 0.15) is 33.1 Å². The first-order chi connectivity index (χ1) is 8.82. The zero-order chi connectivity index (χ0) is 14.5. The first-order valence-electron chi connectivity index (χ1n) is 6.62. The second-order valence-corrected chi connectivity index (χ2v) is 7.21. The molecule has 7 heteroatoms. The molecule has 0 radical (unpaired) electrons. The van der Waals surface area contributed by atoms with Crippen LogP contribution in [0.3, 0.4) is 0 Å². The van der Waals surface area contributed by atoms with Crippen molar-refractivity contribution < 1.29 is 23.1 Å². The van der Waals surface area contributed by atoms with Crippen molar-refractivity contribution in [3.05, 3.63) is 0 Å². The molecular formula is C12H23NO5S. The monoisotopic (exact) mass is 293 g/mol. The molecule has 0 bridgehead atoms. The molecule has 1 heterocycles. The zero-order valence-corrected chi connectivity index (χ0v) is 12.3. The maximum atomic E-state index is 11.9. The second kappa shape index (κ2) is 7.21. The summed E-state index contributed by atoms with van der Waals surface area (Å²) in [6.45, 7) is 4.73. The third kappa shape index (κ3) is 5.88. The number of aliphatic carboxylic acids is 1. The van der Waals surface area contributed by atoms with Crippen molar-refractivity contribution in [2.24, 2.45) is 11.8 Å². The summed E-state index contributed by atoms with van der Waals surface area (Å²) in [6, 6.07) is -1.06. The number of carboxylic acids is 1. The van der Waals surface area contributed by atoms with Crippen LogP contribution in [0.5, 0.6) is 0 Å². The fourth-order valence-electron chi connectivity index (χ4n) is 2.08. The molecule has 0 saturated carbocycles. The summed E-state index contributed by atoms with van der Waals surface area (Å²) in [5.74, 6) is -1.08. The Labute approximate surface area is 114 Å². The largest absolute Gasteiger partial charge is 0.480 e. The predicted octanol–water partition coefficient (Wildman–Crippen LogP) is 0.832. The number of hydrogen-bond donors (Lipinski definition) is 2. The second-order valence-electron chi connectivity index (χ2n) is 5.34. The van der Waals surface area contributed by atoms with E-state index in [2.05, 4.69) is 4.72 Å². The van der Waals surface area contributed by atoms with Gasteiger partial charge in [0.1, 0.15) is 6.04 Å². The normalized spacial score (nSPS) is 19.5. The van der Waals surface area contributed by atoms with Crippen molar-refractivity contribution in [3.63, 3.8) is 0 Å². The minimum Gasteiger partial charge on any atom is -0.480 e. The highest BCUT2D eigenvalue weighted by Gasteiger charge is 2.27. The van der Waals surface area contributed by atoms with Crippen LogP contribution >= 0.6 is 0 Å². The van der Waals surface area contributed by atoms with Gasteiger partial charge in [0.2, 0.25) is 10.0 Å². The van der Waals surface area contributed by atoms with Crippen molar-refractivity contribution in [1.29, 1.82) is 0 Å². The standard InChI is InChI=1S/C12H23NO5S/c1-9(2)11(12(14)15)13-19(16,17)8-5-10-3-6-18-7-4-10/h9-11,13H,3-8H2,1-2H3,(H,14,15). The maximum Gasteiger partial charge on any atom is 0.321 e. The molecule has 1 unspecified atom stereocenters. The molecular weight excluding hydrogens is 270 g/mol. The van der Waals surface area contributed by atoms with Crippen LogP contribution in [0.4, 0.5) is 0 Å². The summed E-state index contributed by atoms with van der Waals surface area (Å²) in [6.07, 6.45) is 2.31. The van der Waals surface area contributed by atoms with Crippen LogP contribution < -0.4 is 4.72 Å². The molecule has 1 saturated heterocycles. The minimum atomic E-state index is -3.54. The quantitative estimate of drug-likeness (QED) is 0.725. The van der Waals surface area contributed by atoms with Crippen LogP contribution in [0.15, 0.2) is 0 Å². The molecule has 1 atom stereocenters. The summed E-state index contributed by atoms with van der Waals surface area (Å²) >= 11 is 0. The molecule has 2 N–H and O–H groups in total. The van der Waals surface area contributed by atoms with Gasteiger partial charge in [0.25, 0.3) is 0 Å². The van der Waals surface area contributed by atoms with Gasteiger partial charge in [-0.3, -0.25) is 4.79 Å². The Balaban J connectivity index is 2.48. The SMILES string of the molecule is CC(C)C(NS(=O)(=O)CCC1CCOCC1)C(=O)O. The van der Waals surface area contributed by atoms with Crippen molar-refractivity contribution in [3.8, 4) is 0 Å². The van der Waals surface area contributed by atoms with E-state index < -0.39 is 22.0 Å². The maximum absolute atomic E-state index is 11.9. The molecule has 0 aromatic rings. The van der Waals surface area contributed by atoms with Gasteiger partial charge in [-0.15, -0.1) is 0 Å². The average molecular weight is 293 g/mol. The van der Waals surface area contributed by atoms with Crippen molar-refractivity contribution in [2.45, 2.75) is 39.2 Å². The van der Waals surface area contributed by atoms with E-state index in [4.69, 9.17) is 9.84 Å². The highest BCUT2D eigenvalue weighted by molar-refractivity contribution is 7.89. The van der Waals surface area contributed by atoms with Gasteiger partial charge < -0.3 is 9.84 Å². The van der Waals surface area contributed by atoms with Gasteiger partial charge in [-0.1, -0.05) is 13.8 Å². The molecule has 0 amide bonds. The molecule has 0 aliphatic carbocycles. The van der Waals surface area contributed by atoms with E-state index in [-0.39, 0.29) is 11.7 Å². The fourth-order valence-corrected chi connectivity index (χ4v) is 3.60. The highest BCUT2D eigenvalue weighted by Crippen LogP contribution is 2.19. The Kier molecular flexibility index (Phi) is 6.22. The highest BCUT2D eigenvalue weighted by atomic mass is 32.2. The molecule has 0 aromatic heterocycles. The van der Waals surface area contributed by atoms with Gasteiger partial charge in [-0.2, -0.15) is 0 Å². The average Bonchev–Trinajstić information content (AvgIpc) is 2.34. The summed E-state index contributed by atoms with van der Waals surface area (Å²) in [7, 11) is -3.54. The lowest BCUT2D eigenvalue weighted by Gasteiger charge is -2.23. The third-order valence-corrected chi connectivity index (χ3v) is 4.76. The van der Waals surface area contributed by atoms with E-state index in [0.29, 0.717) is 25.6 Å². The first kappa shape index (κ1) is 16.4. The number of carboxylic acid groups (broad SMARTS) is 1. The number of nitrogens with one attached hydrogen (secondary N) is 1. The van der Waals surface area contributed by atoms with Gasteiger partial charge in [0.15, 0.2) is 0 Å². The minimum absolute atomic E-state index is 0.0197. The van der Waals surface area contributed by atoms with Crippen molar-refractivity contribution in [1.82, 2.24) is 4.72 Å². The fraction of sp³-hybridized carbons (Fsp3) is 0.917. The molecule has 6 nitrogen and oxygen atoms in total. The van der Waals surface area contributed by atoms with Crippen LogP contribution in [0.25, 0.3) is 0 Å². The summed E-state index contributed by atoms with van der Waals surface area (Å²) in [4.78, 5) is 11.0. The van der Waals surface area contributed by atoms with Gasteiger partial charge in [-0.05, 0) is 31.1 Å². The topological polar surface area (TPSA) is 92.7 Å². The van der Waals surface area contributed by atoms with E-state index in [9.17, 15) is 13.2 Å². The molecule has 1 rings (SSSR count). The van der Waals surface area contributed by atoms with Crippen molar-refractivity contribution >= 4 is 16.0 Å². The Morgan fingerprint density at radius 3 is 2.42 bits per heavy atom. The van der Waals surface area contributed by atoms with Crippen molar-refractivity contribution in [2.75, 3.05) is 19.0 Å². The Hall–Kier alpha value is -0.660. The van der Waals surface area contributed by atoms with E-state index in [0.717, 1.165) is 12.8 Å². The lowest BCUT2D eigenvalue weighted by atomic mass is 9.98. The molecule has 1 aliphatic heterocycles. The van der Waals surface area contributed by atoms with Gasteiger partial charge >= 0.3 is 5.97 Å². The van der Waals surface area contributed by atoms with Crippen LogP contribution in [0, 0.1) is 11.8 Å². The Morgan fingerprint density at radius 1 is 1.37 bits per heavy atom. The summed E-state index contributed by atoms with van der Waals surface area (Å²) < 4.78 is 31.3. The molecule has 1 fully saturated rings. The predicted molar refractivity (Wildman–Crippen MR) is 71.3 cm³/mol. The molecule has 0 spiro atoms. The van der Waals surface area contributed by atoms with Gasteiger partial charge in [-0.25, -0.2) is 13.1 Å². The number of carbonyl (C=O) groups is 1. The molecule has 19 heavy (non-hydrogen) atoms. The third-order valence-electron chi connectivity index (χ3n) is 3.37. The van der Waals surface area contributed by atoms with E-state index >= 15 is 0 Å². The molecule has 0 aromatic carbocycles. The van der Waals surface area contributed by atoms with E-state index in [1.54, 1.807) is 13.8 Å². The number of sulfonamides is 1. The lowest BCUT2D eigenvalue weighted by molar-refractivity contribution is -0.140. The Bertz CT molecular complexity index is 387. The lowest BCUT2D eigenvalue weighted by Crippen LogP contribution is -2.45. The smallest absolute Gasteiger partial charge is 0.321 e. The molecule has 112 valence electrons. The van der Waals surface area contributed by atoms with Crippen LogP contribution in [0.2, 0.25) is 0 Å². The van der Waals surface area contributed by atoms with Crippen LogP contribution in [-0.2, 0) is 19.6 Å². The number of rotatable bonds is 7. The van der Waals surface area contributed by atoms with Gasteiger partial charge in [0, 0.05) is 13.2 Å². The number of hydrogen-bond acceptors (Lipinski definition) is 4. The first-order valence-corrected chi connectivity index (χ1v) is 8.27. The number of ether oxygens (including phenoxy) is 1. The summed E-state index contributed by atoms with van der Waals surface area (Å²) in [5.41, 5.74) is 0. The van der Waals surface area contributed by atoms with Crippen LogP contribution in [-0.4, -0.2) is 44.5 Å². The van der Waals surface area contributed by atoms with Gasteiger partial charge in [0.05, 0.1) is 5.75 Å². The van der Waals surface area contributed by atoms with E-state index in [1.165, 1.54) is 0 Å². The Morgan fingerprint density at radius 2 is 1.95 bits per heavy atom. The zero-order valence-electron chi connectivity index (χ0n) is 11.5. The summed E-state index contributed by atoms with van der Waals surface area (Å²) in [5, 5.41) is 8.98.